The van der Waals surface area contributed by atoms with Gasteiger partial charge < -0.3 is 13.9 Å². The van der Waals surface area contributed by atoms with Crippen molar-refractivity contribution >= 4 is 22.2 Å². The Bertz CT molecular complexity index is 1330. The number of carbonyl (C=O) groups is 1. The Kier molecular flexibility index (Phi) is 5.59. The van der Waals surface area contributed by atoms with E-state index >= 15 is 0 Å². The van der Waals surface area contributed by atoms with Crippen molar-refractivity contribution in [3.8, 4) is 11.8 Å². The summed E-state index contributed by atoms with van der Waals surface area (Å²) in [6, 6.07) is 22.9. The molecule has 2 aromatic carbocycles. The lowest BCUT2D eigenvalue weighted by molar-refractivity contribution is 0.0322. The first-order chi connectivity index (χ1) is 15.7. The average Bonchev–Trinajstić information content (AvgIpc) is 3.24. The SMILES string of the molecule is N#Cc1cc(C(=O)c2cccc(OCCN3CCOCC3)c2)n2c1ccc1ccccc12. The van der Waals surface area contributed by atoms with E-state index in [1.807, 2.05) is 52.9 Å². The third-order valence-corrected chi connectivity index (χ3v) is 5.87. The summed E-state index contributed by atoms with van der Waals surface area (Å²) < 4.78 is 13.2. The number of rotatable bonds is 6. The number of para-hydroxylation sites is 1. The molecule has 2 aromatic heterocycles. The van der Waals surface area contributed by atoms with Crippen LogP contribution in [0.2, 0.25) is 0 Å². The topological polar surface area (TPSA) is 67.0 Å². The number of fused-ring (bicyclic) bond motifs is 3. The molecule has 0 amide bonds. The quantitative estimate of drug-likeness (QED) is 0.438. The minimum atomic E-state index is -0.142. The van der Waals surface area contributed by atoms with Gasteiger partial charge in [-0.1, -0.05) is 36.4 Å². The number of nitriles is 1. The van der Waals surface area contributed by atoms with Crippen LogP contribution in [0.5, 0.6) is 5.75 Å². The molecule has 6 heteroatoms. The summed E-state index contributed by atoms with van der Waals surface area (Å²) in [6.45, 7) is 4.72. The largest absolute Gasteiger partial charge is 0.492 e. The Morgan fingerprint density at radius 1 is 1.00 bits per heavy atom. The Labute approximate surface area is 186 Å². The number of ether oxygens (including phenoxy) is 2. The first kappa shape index (κ1) is 20.3. The van der Waals surface area contributed by atoms with Gasteiger partial charge in [0.05, 0.1) is 35.5 Å². The highest BCUT2D eigenvalue weighted by atomic mass is 16.5. The fraction of sp³-hybridized carbons (Fsp3) is 0.231. The van der Waals surface area contributed by atoms with Crippen molar-refractivity contribution in [2.45, 2.75) is 0 Å². The second kappa shape index (κ2) is 8.83. The number of carbonyl (C=O) groups excluding carboxylic acids is 1. The number of benzene rings is 2. The first-order valence-electron chi connectivity index (χ1n) is 10.8. The second-order valence-corrected chi connectivity index (χ2v) is 7.83. The van der Waals surface area contributed by atoms with Crippen molar-refractivity contribution in [1.82, 2.24) is 9.30 Å². The van der Waals surface area contributed by atoms with E-state index in [4.69, 9.17) is 9.47 Å². The molecular weight excluding hydrogens is 402 g/mol. The van der Waals surface area contributed by atoms with Gasteiger partial charge in [0.1, 0.15) is 18.4 Å². The van der Waals surface area contributed by atoms with Gasteiger partial charge >= 0.3 is 0 Å². The monoisotopic (exact) mass is 425 g/mol. The Morgan fingerprint density at radius 3 is 2.69 bits per heavy atom. The molecule has 0 radical (unpaired) electrons. The molecule has 160 valence electrons. The molecule has 1 saturated heterocycles. The molecule has 4 aromatic rings. The highest BCUT2D eigenvalue weighted by molar-refractivity contribution is 6.10. The van der Waals surface area contributed by atoms with Crippen LogP contribution in [0.3, 0.4) is 0 Å². The van der Waals surface area contributed by atoms with E-state index in [-0.39, 0.29) is 5.78 Å². The first-order valence-corrected chi connectivity index (χ1v) is 10.8. The zero-order valence-electron chi connectivity index (χ0n) is 17.7. The maximum absolute atomic E-state index is 13.5. The number of hydrogen-bond acceptors (Lipinski definition) is 5. The van der Waals surface area contributed by atoms with Crippen LogP contribution in [0, 0.1) is 11.3 Å². The Morgan fingerprint density at radius 2 is 1.84 bits per heavy atom. The summed E-state index contributed by atoms with van der Waals surface area (Å²) in [5, 5.41) is 10.6. The zero-order chi connectivity index (χ0) is 21.9. The van der Waals surface area contributed by atoms with Crippen LogP contribution in [0.25, 0.3) is 16.4 Å². The zero-order valence-corrected chi connectivity index (χ0v) is 17.7. The summed E-state index contributed by atoms with van der Waals surface area (Å²) in [4.78, 5) is 15.8. The van der Waals surface area contributed by atoms with Crippen molar-refractivity contribution in [3.63, 3.8) is 0 Å². The lowest BCUT2D eigenvalue weighted by atomic mass is 10.1. The van der Waals surface area contributed by atoms with E-state index < -0.39 is 0 Å². The molecule has 3 heterocycles. The lowest BCUT2D eigenvalue weighted by Crippen LogP contribution is -2.38. The number of hydrogen-bond donors (Lipinski definition) is 0. The van der Waals surface area contributed by atoms with E-state index in [0.717, 1.165) is 49.3 Å². The molecule has 0 aliphatic carbocycles. The van der Waals surface area contributed by atoms with Gasteiger partial charge in [0, 0.05) is 25.2 Å². The van der Waals surface area contributed by atoms with Gasteiger partial charge in [-0.05, 0) is 35.7 Å². The van der Waals surface area contributed by atoms with Gasteiger partial charge in [0.15, 0.2) is 0 Å². The van der Waals surface area contributed by atoms with Gasteiger partial charge in [-0.2, -0.15) is 5.26 Å². The maximum atomic E-state index is 13.5. The second-order valence-electron chi connectivity index (χ2n) is 7.83. The highest BCUT2D eigenvalue weighted by Crippen LogP contribution is 2.26. The van der Waals surface area contributed by atoms with E-state index in [9.17, 15) is 10.1 Å². The third kappa shape index (κ3) is 3.84. The lowest BCUT2D eigenvalue weighted by Gasteiger charge is -2.26. The minimum absolute atomic E-state index is 0.142. The van der Waals surface area contributed by atoms with Crippen molar-refractivity contribution in [2.24, 2.45) is 0 Å². The van der Waals surface area contributed by atoms with Gasteiger partial charge in [0.2, 0.25) is 5.78 Å². The van der Waals surface area contributed by atoms with Gasteiger partial charge in [-0.25, -0.2) is 0 Å². The molecule has 0 bridgehead atoms. The van der Waals surface area contributed by atoms with Crippen LogP contribution in [0.15, 0.2) is 66.7 Å². The maximum Gasteiger partial charge on any atom is 0.209 e. The number of morpholine rings is 1. The van der Waals surface area contributed by atoms with E-state index in [1.165, 1.54) is 0 Å². The van der Waals surface area contributed by atoms with Gasteiger partial charge in [-0.15, -0.1) is 0 Å². The number of nitrogens with zero attached hydrogens (tertiary/aromatic N) is 3. The van der Waals surface area contributed by atoms with Crippen molar-refractivity contribution in [1.29, 1.82) is 5.26 Å². The Balaban J connectivity index is 1.43. The molecule has 0 atom stereocenters. The Hall–Kier alpha value is -3.66. The minimum Gasteiger partial charge on any atom is -0.492 e. The van der Waals surface area contributed by atoms with Crippen LogP contribution < -0.4 is 4.74 Å². The summed E-state index contributed by atoms with van der Waals surface area (Å²) in [5.74, 6) is 0.520. The number of ketones is 1. The van der Waals surface area contributed by atoms with Crippen LogP contribution in [0.4, 0.5) is 0 Å². The molecule has 0 N–H and O–H groups in total. The summed E-state index contributed by atoms with van der Waals surface area (Å²) in [5.41, 5.74) is 3.11. The standard InChI is InChI=1S/C26H23N3O3/c27-18-21-17-25(29-23-7-2-1-4-19(23)8-9-24(21)29)26(30)20-5-3-6-22(16-20)32-15-12-28-10-13-31-14-11-28/h1-9,16-17H,10-15H2. The number of aromatic nitrogens is 1. The molecular formula is C26H23N3O3. The highest BCUT2D eigenvalue weighted by Gasteiger charge is 2.19. The van der Waals surface area contributed by atoms with Crippen LogP contribution in [0.1, 0.15) is 21.6 Å². The smallest absolute Gasteiger partial charge is 0.209 e. The van der Waals surface area contributed by atoms with Crippen molar-refractivity contribution in [2.75, 3.05) is 39.5 Å². The van der Waals surface area contributed by atoms with Gasteiger partial charge in [-0.3, -0.25) is 9.69 Å². The van der Waals surface area contributed by atoms with Crippen LogP contribution in [-0.2, 0) is 4.74 Å². The van der Waals surface area contributed by atoms with Crippen molar-refractivity contribution < 1.29 is 14.3 Å². The molecule has 1 fully saturated rings. The summed E-state index contributed by atoms with van der Waals surface area (Å²) in [6.07, 6.45) is 0. The van der Waals surface area contributed by atoms with Gasteiger partial charge in [0.25, 0.3) is 0 Å². The fourth-order valence-electron chi connectivity index (χ4n) is 4.20. The summed E-state index contributed by atoms with van der Waals surface area (Å²) in [7, 11) is 0. The summed E-state index contributed by atoms with van der Waals surface area (Å²) >= 11 is 0. The molecule has 1 aliphatic rings. The van der Waals surface area contributed by atoms with E-state index in [2.05, 4.69) is 11.0 Å². The molecule has 0 saturated carbocycles. The fourth-order valence-corrected chi connectivity index (χ4v) is 4.20. The number of pyridine rings is 1. The van der Waals surface area contributed by atoms with E-state index in [1.54, 1.807) is 18.2 Å². The molecule has 1 aliphatic heterocycles. The molecule has 6 nitrogen and oxygen atoms in total. The van der Waals surface area contributed by atoms with Crippen molar-refractivity contribution in [3.05, 3.63) is 83.6 Å². The van der Waals surface area contributed by atoms with Crippen LogP contribution >= 0.6 is 0 Å². The molecule has 5 rings (SSSR count). The normalized spacial score (nSPS) is 14.5. The third-order valence-electron chi connectivity index (χ3n) is 5.87. The van der Waals surface area contributed by atoms with E-state index in [0.29, 0.717) is 29.2 Å². The predicted octanol–water partition coefficient (Wildman–Crippen LogP) is 3.91. The molecule has 32 heavy (non-hydrogen) atoms. The molecule has 0 spiro atoms. The average molecular weight is 425 g/mol. The van der Waals surface area contributed by atoms with Crippen LogP contribution in [-0.4, -0.2) is 54.5 Å². The molecule has 0 unspecified atom stereocenters. The predicted molar refractivity (Wildman–Crippen MR) is 122 cm³/mol.